The molecule has 166 valence electrons. The van der Waals surface area contributed by atoms with E-state index in [0.29, 0.717) is 17.7 Å². The fraction of sp³-hybridized carbons (Fsp3) is 0.200. The molecule has 0 N–H and O–H groups in total. The molecule has 0 heterocycles. The molecule has 0 aliphatic carbocycles. The number of benzene rings is 3. The van der Waals surface area contributed by atoms with Crippen molar-refractivity contribution in [1.82, 2.24) is 0 Å². The van der Waals surface area contributed by atoms with E-state index in [1.165, 1.54) is 0 Å². The van der Waals surface area contributed by atoms with Crippen molar-refractivity contribution in [3.8, 4) is 23.3 Å². The van der Waals surface area contributed by atoms with Gasteiger partial charge in [0.1, 0.15) is 29.7 Å². The molecule has 0 radical (unpaired) electrons. The summed E-state index contributed by atoms with van der Waals surface area (Å²) in [5, 5.41) is 0. The molecule has 0 aliphatic heterocycles. The molecule has 32 heavy (non-hydrogen) atoms. The quantitative estimate of drug-likeness (QED) is 0.178. The van der Waals surface area contributed by atoms with Gasteiger partial charge in [0.2, 0.25) is 0 Å². The van der Waals surface area contributed by atoms with Crippen LogP contribution in [0.1, 0.15) is 36.5 Å². The van der Waals surface area contributed by atoms with E-state index in [1.807, 2.05) is 6.92 Å². The molecule has 0 unspecified atom stereocenters. The number of rotatable bonds is 7. The highest BCUT2D eigenvalue weighted by Gasteiger charge is 2.12. The van der Waals surface area contributed by atoms with Crippen LogP contribution in [0.5, 0.6) is 11.5 Å². The van der Waals surface area contributed by atoms with Gasteiger partial charge in [-0.2, -0.15) is 0 Å². The van der Waals surface area contributed by atoms with Gasteiger partial charge in [-0.3, -0.25) is 0 Å². The van der Waals surface area contributed by atoms with E-state index in [0.717, 1.165) is 37.1 Å². The first-order valence-corrected chi connectivity index (χ1v) is 9.87. The molecule has 3 rings (SSSR count). The second-order valence-electron chi connectivity index (χ2n) is 6.90. The Hall–Kier alpha value is -3.53. The average Bonchev–Trinajstić information content (AvgIpc) is 2.76. The Morgan fingerprint density at radius 1 is 0.719 bits per heavy atom. The van der Waals surface area contributed by atoms with E-state index in [1.54, 1.807) is 24.3 Å². The number of unbranched alkanes of at least 4 members (excludes halogenated alkanes) is 1. The second-order valence-corrected chi connectivity index (χ2v) is 6.90. The molecular weight excluding hydrogens is 427 g/mol. The van der Waals surface area contributed by atoms with E-state index in [4.69, 9.17) is 9.47 Å². The second kappa shape index (κ2) is 10.7. The lowest BCUT2D eigenvalue weighted by atomic mass is 10.1. The molecule has 7 heteroatoms. The van der Waals surface area contributed by atoms with Crippen LogP contribution < -0.4 is 9.47 Å². The van der Waals surface area contributed by atoms with E-state index in [2.05, 4.69) is 11.8 Å². The Kier molecular flexibility index (Phi) is 7.72. The summed E-state index contributed by atoms with van der Waals surface area (Å²) >= 11 is 0. The molecule has 2 nitrogen and oxygen atoms in total. The molecular formula is C25H19F5O2. The van der Waals surface area contributed by atoms with Crippen molar-refractivity contribution in [2.24, 2.45) is 0 Å². The molecule has 3 aromatic rings. The van der Waals surface area contributed by atoms with Crippen LogP contribution in [0, 0.1) is 40.9 Å². The maximum absolute atomic E-state index is 14.2. The zero-order chi connectivity index (χ0) is 23.1. The van der Waals surface area contributed by atoms with E-state index >= 15 is 0 Å². The fourth-order valence-corrected chi connectivity index (χ4v) is 2.69. The monoisotopic (exact) mass is 446 g/mol. The minimum Gasteiger partial charge on any atom is -0.493 e. The first-order chi connectivity index (χ1) is 15.4. The first kappa shape index (κ1) is 23.1. The van der Waals surface area contributed by atoms with Gasteiger partial charge < -0.3 is 9.47 Å². The molecule has 0 saturated heterocycles. The third-order valence-corrected chi connectivity index (χ3v) is 4.43. The lowest BCUT2D eigenvalue weighted by Gasteiger charge is -2.07. The summed E-state index contributed by atoms with van der Waals surface area (Å²) in [6, 6.07) is 10.2. The highest BCUT2D eigenvalue weighted by molar-refractivity contribution is 5.46. The van der Waals surface area contributed by atoms with Crippen LogP contribution in [0.25, 0.3) is 0 Å². The summed E-state index contributed by atoms with van der Waals surface area (Å²) in [5.74, 6) is -0.745. The molecule has 0 fully saturated rings. The molecule has 0 atom stereocenters. The minimum absolute atomic E-state index is 0.0268. The number of hydrogen-bond donors (Lipinski definition) is 0. The van der Waals surface area contributed by atoms with Gasteiger partial charge in [0.15, 0.2) is 17.5 Å². The molecule has 3 aromatic carbocycles. The summed E-state index contributed by atoms with van der Waals surface area (Å²) in [6.07, 6.45) is 1.69. The lowest BCUT2D eigenvalue weighted by molar-refractivity contribution is 0.299. The van der Waals surface area contributed by atoms with Crippen LogP contribution in [0.4, 0.5) is 22.0 Å². The van der Waals surface area contributed by atoms with Crippen molar-refractivity contribution in [3.63, 3.8) is 0 Å². The molecule has 0 saturated carbocycles. The molecule has 0 spiro atoms. The van der Waals surface area contributed by atoms with Gasteiger partial charge in [-0.25, -0.2) is 22.0 Å². The van der Waals surface area contributed by atoms with Gasteiger partial charge in [0.25, 0.3) is 0 Å². The number of halogens is 5. The predicted molar refractivity (Wildman–Crippen MR) is 110 cm³/mol. The summed E-state index contributed by atoms with van der Waals surface area (Å²) < 4.78 is 78.4. The Balaban J connectivity index is 1.65. The zero-order valence-corrected chi connectivity index (χ0v) is 17.2. The smallest absolute Gasteiger partial charge is 0.194 e. The van der Waals surface area contributed by atoms with Crippen molar-refractivity contribution in [2.75, 3.05) is 6.61 Å². The number of hydrogen-bond acceptors (Lipinski definition) is 2. The Labute approximate surface area is 182 Å². The zero-order valence-electron chi connectivity index (χ0n) is 17.2. The average molecular weight is 446 g/mol. The SMILES string of the molecule is CCCCOc1cc(F)c(C#Cc2ccc(COc3cc(F)c(F)c(F)c3)cc2)c(F)c1. The van der Waals surface area contributed by atoms with Crippen LogP contribution in [0.3, 0.4) is 0 Å². The predicted octanol–water partition coefficient (Wildman–Crippen LogP) is 6.54. The van der Waals surface area contributed by atoms with Crippen molar-refractivity contribution in [2.45, 2.75) is 26.4 Å². The maximum atomic E-state index is 14.2. The third-order valence-electron chi connectivity index (χ3n) is 4.43. The largest absolute Gasteiger partial charge is 0.493 e. The summed E-state index contributed by atoms with van der Waals surface area (Å²) in [6.45, 7) is 2.33. The van der Waals surface area contributed by atoms with Gasteiger partial charge in [-0.05, 0) is 24.1 Å². The van der Waals surface area contributed by atoms with Crippen molar-refractivity contribution < 1.29 is 31.4 Å². The van der Waals surface area contributed by atoms with Gasteiger partial charge in [-0.1, -0.05) is 37.3 Å². The summed E-state index contributed by atoms with van der Waals surface area (Å²) in [5.41, 5.74) is 0.780. The minimum atomic E-state index is -1.56. The van der Waals surface area contributed by atoms with Crippen LogP contribution in [-0.2, 0) is 6.61 Å². The normalized spacial score (nSPS) is 10.4. The van der Waals surface area contributed by atoms with E-state index in [9.17, 15) is 22.0 Å². The highest BCUT2D eigenvalue weighted by Crippen LogP contribution is 2.22. The van der Waals surface area contributed by atoms with Crippen LogP contribution in [0.2, 0.25) is 0 Å². The van der Waals surface area contributed by atoms with Gasteiger partial charge >= 0.3 is 0 Å². The van der Waals surface area contributed by atoms with Crippen LogP contribution in [-0.4, -0.2) is 6.61 Å². The van der Waals surface area contributed by atoms with Gasteiger partial charge in [0, 0.05) is 29.8 Å². The summed E-state index contributed by atoms with van der Waals surface area (Å²) in [4.78, 5) is 0. The molecule has 0 aromatic heterocycles. The Morgan fingerprint density at radius 3 is 1.88 bits per heavy atom. The van der Waals surface area contributed by atoms with Crippen LogP contribution >= 0.6 is 0 Å². The molecule has 0 bridgehead atoms. The molecule has 0 aliphatic rings. The summed E-state index contributed by atoms with van der Waals surface area (Å²) in [7, 11) is 0. The standard InChI is InChI=1S/C25H19F5O2/c1-2-3-10-31-18-11-21(26)20(22(27)12-18)9-8-16-4-6-17(7-5-16)15-32-19-13-23(28)25(30)24(29)14-19/h4-7,11-14H,2-3,10,15H2,1H3. The Morgan fingerprint density at radius 2 is 1.28 bits per heavy atom. The topological polar surface area (TPSA) is 18.5 Å². The van der Waals surface area contributed by atoms with Crippen LogP contribution in [0.15, 0.2) is 48.5 Å². The van der Waals surface area contributed by atoms with E-state index in [-0.39, 0.29) is 23.7 Å². The first-order valence-electron chi connectivity index (χ1n) is 9.87. The van der Waals surface area contributed by atoms with Gasteiger partial charge in [-0.15, -0.1) is 0 Å². The van der Waals surface area contributed by atoms with Crippen molar-refractivity contribution in [3.05, 3.63) is 94.3 Å². The van der Waals surface area contributed by atoms with Gasteiger partial charge in [0.05, 0.1) is 12.2 Å². The Bertz CT molecular complexity index is 1100. The maximum Gasteiger partial charge on any atom is 0.194 e. The molecule has 0 amide bonds. The van der Waals surface area contributed by atoms with E-state index < -0.39 is 29.1 Å². The highest BCUT2D eigenvalue weighted by atomic mass is 19.2. The fourth-order valence-electron chi connectivity index (χ4n) is 2.69. The third kappa shape index (κ3) is 6.01. The lowest BCUT2D eigenvalue weighted by Crippen LogP contribution is -1.99. The van der Waals surface area contributed by atoms with Crippen molar-refractivity contribution in [1.29, 1.82) is 0 Å². The van der Waals surface area contributed by atoms with Crippen molar-refractivity contribution >= 4 is 0 Å². The number of ether oxygens (including phenoxy) is 2.